The van der Waals surface area contributed by atoms with Gasteiger partial charge in [0.1, 0.15) is 0 Å². The van der Waals surface area contributed by atoms with Crippen molar-refractivity contribution in [2.75, 3.05) is 5.75 Å². The molecule has 0 saturated heterocycles. The van der Waals surface area contributed by atoms with Crippen LogP contribution < -0.4 is 4.72 Å². The Morgan fingerprint density at radius 1 is 1.38 bits per heavy atom. The van der Waals surface area contributed by atoms with Crippen molar-refractivity contribution in [1.82, 2.24) is 4.72 Å². The third-order valence-electron chi connectivity index (χ3n) is 2.17. The van der Waals surface area contributed by atoms with Crippen molar-refractivity contribution in [3.05, 3.63) is 33.8 Å². The van der Waals surface area contributed by atoms with E-state index in [4.69, 9.17) is 23.2 Å². The van der Waals surface area contributed by atoms with E-state index in [1.54, 1.807) is 32.0 Å². The van der Waals surface area contributed by atoms with Gasteiger partial charge in [0.25, 0.3) is 0 Å². The van der Waals surface area contributed by atoms with Gasteiger partial charge in [0.15, 0.2) is 0 Å². The van der Waals surface area contributed by atoms with Crippen molar-refractivity contribution in [1.29, 1.82) is 0 Å². The molecule has 0 spiro atoms. The van der Waals surface area contributed by atoms with E-state index in [9.17, 15) is 8.42 Å². The molecule has 0 radical (unpaired) electrons. The molecule has 1 N–H and O–H groups in total. The average molecular weight is 282 g/mol. The van der Waals surface area contributed by atoms with Crippen LogP contribution >= 0.6 is 23.2 Å². The molecule has 0 aliphatic carbocycles. The van der Waals surface area contributed by atoms with E-state index in [1.807, 2.05) is 0 Å². The van der Waals surface area contributed by atoms with E-state index >= 15 is 0 Å². The van der Waals surface area contributed by atoms with Gasteiger partial charge in [-0.1, -0.05) is 29.3 Å². The van der Waals surface area contributed by atoms with Crippen molar-refractivity contribution >= 4 is 33.2 Å². The highest BCUT2D eigenvalue weighted by Crippen LogP contribution is 2.26. The van der Waals surface area contributed by atoms with Gasteiger partial charge in [-0.3, -0.25) is 0 Å². The predicted molar refractivity (Wildman–Crippen MR) is 67.5 cm³/mol. The second kappa shape index (κ2) is 5.36. The van der Waals surface area contributed by atoms with Crippen LogP contribution in [0.15, 0.2) is 18.2 Å². The van der Waals surface area contributed by atoms with Crippen molar-refractivity contribution < 1.29 is 8.42 Å². The lowest BCUT2D eigenvalue weighted by atomic mass is 10.1. The molecule has 1 aromatic rings. The minimum Gasteiger partial charge on any atom is -0.212 e. The normalized spacial score (nSPS) is 13.8. The summed E-state index contributed by atoms with van der Waals surface area (Å²) < 4.78 is 25.3. The molecular formula is C10H13Cl2NO2S. The largest absolute Gasteiger partial charge is 0.212 e. The van der Waals surface area contributed by atoms with Gasteiger partial charge in [0.05, 0.1) is 5.75 Å². The average Bonchev–Trinajstić information content (AvgIpc) is 2.16. The predicted octanol–water partition coefficient (Wildman–Crippen LogP) is 2.99. The number of hydrogen-bond acceptors (Lipinski definition) is 2. The maximum Gasteiger partial charge on any atom is 0.211 e. The lowest BCUT2D eigenvalue weighted by molar-refractivity contribution is 0.568. The molecule has 0 aromatic heterocycles. The first kappa shape index (κ1) is 13.8. The quantitative estimate of drug-likeness (QED) is 0.922. The van der Waals surface area contributed by atoms with Crippen molar-refractivity contribution in [3.8, 4) is 0 Å². The molecule has 1 atom stereocenters. The zero-order valence-corrected chi connectivity index (χ0v) is 11.3. The van der Waals surface area contributed by atoms with Crippen LogP contribution in [0, 0.1) is 0 Å². The van der Waals surface area contributed by atoms with Crippen molar-refractivity contribution in [2.24, 2.45) is 0 Å². The molecule has 0 bridgehead atoms. The van der Waals surface area contributed by atoms with E-state index in [-0.39, 0.29) is 11.8 Å². The fourth-order valence-corrected chi connectivity index (χ4v) is 2.67. The molecule has 1 rings (SSSR count). The molecule has 0 fully saturated rings. The van der Waals surface area contributed by atoms with Crippen LogP contribution in [0.5, 0.6) is 0 Å². The summed E-state index contributed by atoms with van der Waals surface area (Å²) in [5, 5.41) is 0.984. The zero-order chi connectivity index (χ0) is 12.3. The number of nitrogens with one attached hydrogen (secondary N) is 1. The lowest BCUT2D eigenvalue weighted by Crippen LogP contribution is -2.28. The van der Waals surface area contributed by atoms with Gasteiger partial charge < -0.3 is 0 Å². The second-order valence-corrected chi connectivity index (χ2v) is 6.29. The van der Waals surface area contributed by atoms with E-state index in [2.05, 4.69) is 4.72 Å². The molecular weight excluding hydrogens is 269 g/mol. The molecule has 1 aromatic carbocycles. The molecule has 0 aliphatic rings. The number of hydrogen-bond donors (Lipinski definition) is 1. The van der Waals surface area contributed by atoms with Gasteiger partial charge in [-0.2, -0.15) is 0 Å². The van der Waals surface area contributed by atoms with Crippen molar-refractivity contribution in [3.63, 3.8) is 0 Å². The van der Waals surface area contributed by atoms with Gasteiger partial charge in [-0.05, 0) is 31.5 Å². The van der Waals surface area contributed by atoms with Gasteiger partial charge >= 0.3 is 0 Å². The number of benzene rings is 1. The van der Waals surface area contributed by atoms with Crippen LogP contribution in [0.1, 0.15) is 25.5 Å². The van der Waals surface area contributed by atoms with Crippen LogP contribution in [0.4, 0.5) is 0 Å². The Kier molecular flexibility index (Phi) is 4.62. The molecule has 0 saturated carbocycles. The summed E-state index contributed by atoms with van der Waals surface area (Å²) in [4.78, 5) is 0. The highest BCUT2D eigenvalue weighted by atomic mass is 35.5. The maximum atomic E-state index is 11.4. The molecule has 0 aliphatic heterocycles. The van der Waals surface area contributed by atoms with Crippen LogP contribution in [-0.2, 0) is 10.0 Å². The van der Waals surface area contributed by atoms with Crippen LogP contribution in [-0.4, -0.2) is 14.2 Å². The summed E-state index contributed by atoms with van der Waals surface area (Å²) in [6.07, 6.45) is 0. The highest BCUT2D eigenvalue weighted by Gasteiger charge is 2.15. The molecule has 3 nitrogen and oxygen atoms in total. The Hall–Kier alpha value is -0.290. The second-order valence-electron chi connectivity index (χ2n) is 3.41. The first-order valence-electron chi connectivity index (χ1n) is 4.80. The standard InChI is InChI=1S/C10H13Cl2NO2S/c1-3-16(14,15)13-7(2)9-5-4-8(11)6-10(9)12/h4-7,13H,3H2,1-2H3. The minimum absolute atomic E-state index is 0.0442. The topological polar surface area (TPSA) is 46.2 Å². The van der Waals surface area contributed by atoms with Gasteiger partial charge in [0, 0.05) is 16.1 Å². The summed E-state index contributed by atoms with van der Waals surface area (Å²) in [6, 6.07) is 4.62. The first-order valence-corrected chi connectivity index (χ1v) is 7.21. The smallest absolute Gasteiger partial charge is 0.211 e. The summed E-state index contributed by atoms with van der Waals surface area (Å²) in [7, 11) is -3.24. The molecule has 90 valence electrons. The third kappa shape index (κ3) is 3.63. The Morgan fingerprint density at radius 3 is 2.50 bits per heavy atom. The number of sulfonamides is 1. The minimum atomic E-state index is -3.24. The Labute approximate surface area is 106 Å². The van der Waals surface area contributed by atoms with Gasteiger partial charge in [0.2, 0.25) is 10.0 Å². The zero-order valence-electron chi connectivity index (χ0n) is 9.00. The van der Waals surface area contributed by atoms with Crippen LogP contribution in [0.2, 0.25) is 10.0 Å². The number of halogens is 2. The Morgan fingerprint density at radius 2 is 2.00 bits per heavy atom. The first-order chi connectivity index (χ1) is 7.35. The molecule has 0 amide bonds. The van der Waals surface area contributed by atoms with E-state index in [1.165, 1.54) is 0 Å². The molecule has 16 heavy (non-hydrogen) atoms. The SMILES string of the molecule is CCS(=O)(=O)NC(C)c1ccc(Cl)cc1Cl. The summed E-state index contributed by atoms with van der Waals surface area (Å²) in [5.41, 5.74) is 0.711. The number of rotatable bonds is 4. The lowest BCUT2D eigenvalue weighted by Gasteiger charge is -2.15. The highest BCUT2D eigenvalue weighted by molar-refractivity contribution is 7.89. The monoisotopic (exact) mass is 281 g/mol. The third-order valence-corrected chi connectivity index (χ3v) is 4.20. The van der Waals surface area contributed by atoms with E-state index in [0.717, 1.165) is 0 Å². The Bertz CT molecular complexity index is 474. The van der Waals surface area contributed by atoms with E-state index < -0.39 is 10.0 Å². The fraction of sp³-hybridized carbons (Fsp3) is 0.400. The van der Waals surface area contributed by atoms with Gasteiger partial charge in [-0.15, -0.1) is 0 Å². The van der Waals surface area contributed by atoms with Crippen LogP contribution in [0.3, 0.4) is 0 Å². The summed E-state index contributed by atoms with van der Waals surface area (Å²) in [5.74, 6) is 0.0442. The summed E-state index contributed by atoms with van der Waals surface area (Å²) >= 11 is 11.7. The van der Waals surface area contributed by atoms with Gasteiger partial charge in [-0.25, -0.2) is 13.1 Å². The van der Waals surface area contributed by atoms with Crippen LogP contribution in [0.25, 0.3) is 0 Å². The molecule has 1 unspecified atom stereocenters. The molecule has 0 heterocycles. The fourth-order valence-electron chi connectivity index (χ4n) is 1.27. The van der Waals surface area contributed by atoms with E-state index in [0.29, 0.717) is 15.6 Å². The summed E-state index contributed by atoms with van der Waals surface area (Å²) in [6.45, 7) is 3.32. The Balaban J connectivity index is 2.93. The maximum absolute atomic E-state index is 11.4. The molecule has 6 heteroatoms. The van der Waals surface area contributed by atoms with Crippen molar-refractivity contribution in [2.45, 2.75) is 19.9 Å².